The fourth-order valence-corrected chi connectivity index (χ4v) is 1.11. The van der Waals surface area contributed by atoms with E-state index in [9.17, 15) is 0 Å². The molecule has 0 fully saturated rings. The van der Waals surface area contributed by atoms with Crippen molar-refractivity contribution in [3.05, 3.63) is 35.4 Å². The fourth-order valence-electron chi connectivity index (χ4n) is 1.00. The molecule has 0 aliphatic heterocycles. The molecule has 4 heteroatoms. The van der Waals surface area contributed by atoms with Crippen LogP contribution in [-0.2, 0) is 0 Å². The summed E-state index contributed by atoms with van der Waals surface area (Å²) in [6.07, 6.45) is 0.769. The summed E-state index contributed by atoms with van der Waals surface area (Å²) in [4.78, 5) is 0. The van der Waals surface area contributed by atoms with Crippen LogP contribution in [0, 0.1) is 11.8 Å². The third kappa shape index (κ3) is 3.56. The van der Waals surface area contributed by atoms with Crippen molar-refractivity contribution in [3.63, 3.8) is 0 Å². The Morgan fingerprint density at radius 1 is 1.40 bits per heavy atom. The van der Waals surface area contributed by atoms with E-state index in [4.69, 9.17) is 10.9 Å². The maximum atomic E-state index is 8.46. The van der Waals surface area contributed by atoms with Crippen molar-refractivity contribution in [2.24, 2.45) is 10.9 Å². The predicted octanol–water partition coefficient (Wildman–Crippen LogP) is 1.45. The Morgan fingerprint density at radius 3 is 2.60 bits per heavy atom. The number of rotatable bonds is 2. The Bertz CT molecular complexity index is 401. The SMILES string of the molecule is NC(=NO)c1ccc(C#CCCS)cc1. The van der Waals surface area contributed by atoms with Crippen LogP contribution in [0.5, 0.6) is 0 Å². The molecule has 3 N–H and O–H groups in total. The Hall–Kier alpha value is -1.60. The van der Waals surface area contributed by atoms with E-state index in [2.05, 4.69) is 29.6 Å². The standard InChI is InChI=1S/C11H12N2OS/c12-11(13-14)10-6-4-9(5-7-10)3-1-2-8-15/h4-7,14-15H,2,8H2,(H2,12,13). The number of amidine groups is 1. The van der Waals surface area contributed by atoms with Crippen molar-refractivity contribution >= 4 is 18.5 Å². The van der Waals surface area contributed by atoms with Crippen molar-refractivity contribution in [3.8, 4) is 11.8 Å². The Kier molecular flexibility index (Phi) is 4.58. The Morgan fingerprint density at radius 2 is 2.07 bits per heavy atom. The van der Waals surface area contributed by atoms with Crippen molar-refractivity contribution in [1.29, 1.82) is 0 Å². The van der Waals surface area contributed by atoms with Crippen LogP contribution in [0.4, 0.5) is 0 Å². The fraction of sp³-hybridized carbons (Fsp3) is 0.182. The lowest BCUT2D eigenvalue weighted by atomic mass is 10.1. The minimum absolute atomic E-state index is 0.102. The maximum absolute atomic E-state index is 8.46. The lowest BCUT2D eigenvalue weighted by molar-refractivity contribution is 0.318. The number of thiol groups is 1. The molecule has 1 aromatic carbocycles. The summed E-state index contributed by atoms with van der Waals surface area (Å²) in [7, 11) is 0. The highest BCUT2D eigenvalue weighted by molar-refractivity contribution is 7.80. The van der Waals surface area contributed by atoms with Gasteiger partial charge in [-0.2, -0.15) is 12.6 Å². The predicted molar refractivity (Wildman–Crippen MR) is 64.3 cm³/mol. The number of nitrogens with zero attached hydrogens (tertiary/aromatic N) is 1. The summed E-state index contributed by atoms with van der Waals surface area (Å²) in [5.74, 6) is 6.83. The first-order valence-electron chi connectivity index (χ1n) is 4.45. The normalized spacial score (nSPS) is 10.6. The monoisotopic (exact) mass is 220 g/mol. The van der Waals surface area contributed by atoms with Gasteiger partial charge in [-0.1, -0.05) is 17.0 Å². The molecule has 1 aromatic rings. The van der Waals surface area contributed by atoms with E-state index in [0.29, 0.717) is 5.56 Å². The topological polar surface area (TPSA) is 58.6 Å². The van der Waals surface area contributed by atoms with Crippen LogP contribution in [0.3, 0.4) is 0 Å². The second-order valence-corrected chi connectivity index (χ2v) is 3.29. The van der Waals surface area contributed by atoms with Crippen LogP contribution in [0.2, 0.25) is 0 Å². The van der Waals surface area contributed by atoms with E-state index in [1.54, 1.807) is 12.1 Å². The Labute approximate surface area is 94.4 Å². The minimum atomic E-state index is 0.102. The zero-order chi connectivity index (χ0) is 11.1. The third-order valence-electron chi connectivity index (χ3n) is 1.76. The third-order valence-corrected chi connectivity index (χ3v) is 1.98. The van der Waals surface area contributed by atoms with Gasteiger partial charge < -0.3 is 10.9 Å². The molecule has 0 unspecified atom stereocenters. The van der Waals surface area contributed by atoms with Gasteiger partial charge in [-0.25, -0.2) is 0 Å². The average Bonchev–Trinajstić information content (AvgIpc) is 2.29. The maximum Gasteiger partial charge on any atom is 0.170 e. The van der Waals surface area contributed by atoms with Gasteiger partial charge in [0.25, 0.3) is 0 Å². The van der Waals surface area contributed by atoms with Gasteiger partial charge in [-0.15, -0.1) is 0 Å². The molecule has 0 spiro atoms. The molecule has 0 heterocycles. The second-order valence-electron chi connectivity index (χ2n) is 2.84. The molecule has 0 aliphatic carbocycles. The van der Waals surface area contributed by atoms with Gasteiger partial charge in [0.2, 0.25) is 0 Å². The molecule has 15 heavy (non-hydrogen) atoms. The van der Waals surface area contributed by atoms with E-state index >= 15 is 0 Å². The minimum Gasteiger partial charge on any atom is -0.409 e. The number of oxime groups is 1. The van der Waals surface area contributed by atoms with Crippen molar-refractivity contribution in [1.82, 2.24) is 0 Å². The molecule has 0 aromatic heterocycles. The van der Waals surface area contributed by atoms with E-state index in [0.717, 1.165) is 17.7 Å². The van der Waals surface area contributed by atoms with Crippen LogP contribution >= 0.6 is 12.6 Å². The van der Waals surface area contributed by atoms with Gasteiger partial charge in [0.1, 0.15) is 0 Å². The molecule has 1 rings (SSSR count). The summed E-state index contributed by atoms with van der Waals surface area (Å²) < 4.78 is 0. The van der Waals surface area contributed by atoms with E-state index in [-0.39, 0.29) is 5.84 Å². The van der Waals surface area contributed by atoms with E-state index < -0.39 is 0 Å². The van der Waals surface area contributed by atoms with Crippen molar-refractivity contribution < 1.29 is 5.21 Å². The van der Waals surface area contributed by atoms with Crippen LogP contribution in [-0.4, -0.2) is 16.8 Å². The zero-order valence-corrected chi connectivity index (χ0v) is 9.04. The first kappa shape index (κ1) is 11.5. The number of hydrogen-bond donors (Lipinski definition) is 3. The highest BCUT2D eigenvalue weighted by Crippen LogP contribution is 2.02. The highest BCUT2D eigenvalue weighted by Gasteiger charge is 1.96. The smallest absolute Gasteiger partial charge is 0.170 e. The van der Waals surface area contributed by atoms with Crippen LogP contribution in [0.15, 0.2) is 29.4 Å². The second kappa shape index (κ2) is 5.99. The van der Waals surface area contributed by atoms with Crippen LogP contribution in [0.25, 0.3) is 0 Å². The number of benzene rings is 1. The van der Waals surface area contributed by atoms with Gasteiger partial charge in [0.05, 0.1) is 0 Å². The van der Waals surface area contributed by atoms with Gasteiger partial charge >= 0.3 is 0 Å². The molecule has 0 amide bonds. The molecule has 78 valence electrons. The van der Waals surface area contributed by atoms with Crippen LogP contribution in [0.1, 0.15) is 17.5 Å². The molecule has 0 saturated carbocycles. The molecule has 0 bridgehead atoms. The zero-order valence-electron chi connectivity index (χ0n) is 8.14. The molecular formula is C11H12N2OS. The van der Waals surface area contributed by atoms with E-state index in [1.807, 2.05) is 12.1 Å². The van der Waals surface area contributed by atoms with E-state index in [1.165, 1.54) is 0 Å². The quantitative estimate of drug-likeness (QED) is 0.176. The molecule has 0 aliphatic rings. The molecule has 0 radical (unpaired) electrons. The lowest BCUT2D eigenvalue weighted by Gasteiger charge is -1.97. The first-order valence-corrected chi connectivity index (χ1v) is 5.09. The molecule has 3 nitrogen and oxygen atoms in total. The molecule has 0 saturated heterocycles. The van der Waals surface area contributed by atoms with Gasteiger partial charge in [0, 0.05) is 23.3 Å². The summed E-state index contributed by atoms with van der Waals surface area (Å²) >= 11 is 4.06. The molecular weight excluding hydrogens is 208 g/mol. The Balaban J connectivity index is 2.78. The van der Waals surface area contributed by atoms with Crippen LogP contribution < -0.4 is 5.73 Å². The number of nitrogens with two attached hydrogens (primary N) is 1. The average molecular weight is 220 g/mol. The summed E-state index contributed by atoms with van der Waals surface area (Å²) in [5, 5.41) is 11.4. The largest absolute Gasteiger partial charge is 0.409 e. The first-order chi connectivity index (χ1) is 7.27. The van der Waals surface area contributed by atoms with Gasteiger partial charge in [-0.3, -0.25) is 0 Å². The highest BCUT2D eigenvalue weighted by atomic mass is 32.1. The summed E-state index contributed by atoms with van der Waals surface area (Å²) in [6, 6.07) is 7.19. The molecule has 0 atom stereocenters. The van der Waals surface area contributed by atoms with Crippen molar-refractivity contribution in [2.75, 3.05) is 5.75 Å². The summed E-state index contributed by atoms with van der Waals surface area (Å²) in [6.45, 7) is 0. The summed E-state index contributed by atoms with van der Waals surface area (Å²) in [5.41, 5.74) is 7.01. The van der Waals surface area contributed by atoms with Gasteiger partial charge in [0.15, 0.2) is 5.84 Å². The van der Waals surface area contributed by atoms with Gasteiger partial charge in [-0.05, 0) is 24.3 Å². The van der Waals surface area contributed by atoms with Crippen molar-refractivity contribution in [2.45, 2.75) is 6.42 Å². The lowest BCUT2D eigenvalue weighted by Crippen LogP contribution is -2.12. The number of hydrogen-bond acceptors (Lipinski definition) is 3.